The van der Waals surface area contributed by atoms with Gasteiger partial charge >= 0.3 is 5.97 Å². The molecule has 0 bridgehead atoms. The molecule has 0 fully saturated rings. The molecule has 0 spiro atoms. The van der Waals surface area contributed by atoms with Crippen LogP contribution in [0, 0.1) is 0 Å². The molecule has 1 atom stereocenters. The molecule has 0 amide bonds. The topological polar surface area (TPSA) is 58.6 Å². The summed E-state index contributed by atoms with van der Waals surface area (Å²) in [6.07, 6.45) is 0. The Hall–Kier alpha value is -1.85. The van der Waals surface area contributed by atoms with Crippen molar-refractivity contribution in [1.82, 2.24) is 5.32 Å². The first kappa shape index (κ1) is 14.6. The maximum Gasteiger partial charge on any atom is 0.336 e. The Labute approximate surface area is 122 Å². The maximum absolute atomic E-state index is 10.8. The number of thiophene rings is 1. The summed E-state index contributed by atoms with van der Waals surface area (Å²) in [5.74, 6) is -0.0322. The number of rotatable bonds is 6. The van der Waals surface area contributed by atoms with Gasteiger partial charge in [0.15, 0.2) is 0 Å². The van der Waals surface area contributed by atoms with Crippen LogP contribution in [0.25, 0.3) is 0 Å². The molecule has 0 unspecified atom stereocenters. The Morgan fingerprint density at radius 1 is 1.45 bits per heavy atom. The van der Waals surface area contributed by atoms with Gasteiger partial charge in [0.05, 0.1) is 12.7 Å². The molecule has 1 aromatic carbocycles. The van der Waals surface area contributed by atoms with E-state index in [9.17, 15) is 4.79 Å². The minimum atomic E-state index is -0.884. The van der Waals surface area contributed by atoms with Crippen LogP contribution in [0.1, 0.15) is 33.8 Å². The molecule has 0 aliphatic heterocycles. The highest BCUT2D eigenvalue weighted by Crippen LogP contribution is 2.25. The van der Waals surface area contributed by atoms with Crippen molar-refractivity contribution < 1.29 is 14.6 Å². The number of aromatic carboxylic acids is 1. The molecule has 0 aliphatic rings. The molecule has 0 radical (unpaired) electrons. The standard InChI is InChI=1S/C15H17NO3S/c1-10(13-5-3-4-6-14(13)19-2)16-8-12-7-11(9-20-12)15(17)18/h3-7,9-10,16H,8H2,1-2H3,(H,17,18)/t10-/m1/s1. The lowest BCUT2D eigenvalue weighted by Crippen LogP contribution is -2.18. The summed E-state index contributed by atoms with van der Waals surface area (Å²) < 4.78 is 5.34. The van der Waals surface area contributed by atoms with E-state index in [2.05, 4.69) is 12.2 Å². The second-order valence-corrected chi connectivity index (χ2v) is 5.45. The molecular weight excluding hydrogens is 274 g/mol. The molecule has 106 valence electrons. The highest BCUT2D eigenvalue weighted by Gasteiger charge is 2.11. The molecule has 5 heteroatoms. The Balaban J connectivity index is 2.00. The van der Waals surface area contributed by atoms with Crippen LogP contribution in [0.15, 0.2) is 35.7 Å². The van der Waals surface area contributed by atoms with Gasteiger partial charge in [0.1, 0.15) is 5.75 Å². The van der Waals surface area contributed by atoms with Crippen molar-refractivity contribution in [1.29, 1.82) is 0 Å². The number of hydrogen-bond acceptors (Lipinski definition) is 4. The lowest BCUT2D eigenvalue weighted by molar-refractivity contribution is 0.0697. The van der Waals surface area contributed by atoms with Crippen LogP contribution in [-0.2, 0) is 6.54 Å². The van der Waals surface area contributed by atoms with Crippen LogP contribution in [0.3, 0.4) is 0 Å². The Kier molecular flexibility index (Phi) is 4.76. The summed E-state index contributed by atoms with van der Waals surface area (Å²) in [6, 6.07) is 9.70. The van der Waals surface area contributed by atoms with Gasteiger partial charge in [-0.15, -0.1) is 11.3 Å². The summed E-state index contributed by atoms with van der Waals surface area (Å²) in [5.41, 5.74) is 1.43. The molecule has 0 saturated carbocycles. The fraction of sp³-hybridized carbons (Fsp3) is 0.267. The number of ether oxygens (including phenoxy) is 1. The Bertz CT molecular complexity index is 594. The van der Waals surface area contributed by atoms with E-state index in [-0.39, 0.29) is 6.04 Å². The first-order chi connectivity index (χ1) is 9.61. The molecule has 2 N–H and O–H groups in total. The second kappa shape index (κ2) is 6.54. The molecule has 0 saturated heterocycles. The fourth-order valence-corrected chi connectivity index (χ4v) is 2.78. The smallest absolute Gasteiger partial charge is 0.336 e. The van der Waals surface area contributed by atoms with Gasteiger partial charge in [-0.25, -0.2) is 4.79 Å². The van der Waals surface area contributed by atoms with Gasteiger partial charge in [-0.1, -0.05) is 18.2 Å². The third-order valence-electron chi connectivity index (χ3n) is 3.09. The molecular formula is C15H17NO3S. The largest absolute Gasteiger partial charge is 0.496 e. The SMILES string of the molecule is COc1ccccc1[C@@H](C)NCc1cc(C(=O)O)cs1. The van der Waals surface area contributed by atoms with Gasteiger partial charge in [0.2, 0.25) is 0 Å². The third-order valence-corrected chi connectivity index (χ3v) is 4.03. The van der Waals surface area contributed by atoms with Crippen molar-refractivity contribution in [2.24, 2.45) is 0 Å². The normalized spacial score (nSPS) is 12.1. The van der Waals surface area contributed by atoms with Crippen molar-refractivity contribution in [2.75, 3.05) is 7.11 Å². The number of benzene rings is 1. The van der Waals surface area contributed by atoms with Crippen molar-refractivity contribution >= 4 is 17.3 Å². The van der Waals surface area contributed by atoms with Crippen molar-refractivity contribution in [3.05, 3.63) is 51.7 Å². The van der Waals surface area contributed by atoms with Crippen LogP contribution in [0.5, 0.6) is 5.75 Å². The van der Waals surface area contributed by atoms with Crippen molar-refractivity contribution in [3.63, 3.8) is 0 Å². The van der Waals surface area contributed by atoms with E-state index in [1.807, 2.05) is 24.3 Å². The van der Waals surface area contributed by atoms with Gasteiger partial charge in [-0.2, -0.15) is 0 Å². The molecule has 2 aromatic rings. The van der Waals surface area contributed by atoms with Gasteiger partial charge in [-0.3, -0.25) is 0 Å². The minimum Gasteiger partial charge on any atom is -0.496 e. The molecule has 1 heterocycles. The predicted octanol–water partition coefficient (Wildman–Crippen LogP) is 3.31. The Morgan fingerprint density at radius 3 is 2.85 bits per heavy atom. The first-order valence-corrected chi connectivity index (χ1v) is 7.16. The average molecular weight is 291 g/mol. The monoisotopic (exact) mass is 291 g/mol. The zero-order valence-electron chi connectivity index (χ0n) is 11.4. The Morgan fingerprint density at radius 2 is 2.20 bits per heavy atom. The first-order valence-electron chi connectivity index (χ1n) is 6.29. The molecule has 0 aliphatic carbocycles. The molecule has 1 aromatic heterocycles. The zero-order chi connectivity index (χ0) is 14.5. The van der Waals surface area contributed by atoms with E-state index >= 15 is 0 Å². The summed E-state index contributed by atoms with van der Waals surface area (Å²) in [4.78, 5) is 11.8. The number of methoxy groups -OCH3 is 1. The average Bonchev–Trinajstić information content (AvgIpc) is 2.94. The summed E-state index contributed by atoms with van der Waals surface area (Å²) >= 11 is 1.45. The zero-order valence-corrected chi connectivity index (χ0v) is 12.2. The van der Waals surface area contributed by atoms with Crippen LogP contribution < -0.4 is 10.1 Å². The highest BCUT2D eigenvalue weighted by atomic mass is 32.1. The van der Waals surface area contributed by atoms with Crippen LogP contribution in [0.4, 0.5) is 0 Å². The van der Waals surface area contributed by atoms with E-state index in [0.29, 0.717) is 12.1 Å². The molecule has 4 nitrogen and oxygen atoms in total. The van der Waals surface area contributed by atoms with Gasteiger partial charge in [0.25, 0.3) is 0 Å². The van der Waals surface area contributed by atoms with Gasteiger partial charge < -0.3 is 15.2 Å². The number of carboxylic acids is 1. The van der Waals surface area contributed by atoms with E-state index in [1.165, 1.54) is 11.3 Å². The second-order valence-electron chi connectivity index (χ2n) is 4.45. The fourth-order valence-electron chi connectivity index (χ4n) is 1.97. The van der Waals surface area contributed by atoms with E-state index in [4.69, 9.17) is 9.84 Å². The summed E-state index contributed by atoms with van der Waals surface area (Å²) in [5, 5.41) is 13.9. The molecule has 20 heavy (non-hydrogen) atoms. The molecule has 2 rings (SSSR count). The number of hydrogen-bond donors (Lipinski definition) is 2. The van der Waals surface area contributed by atoms with E-state index < -0.39 is 5.97 Å². The summed E-state index contributed by atoms with van der Waals surface area (Å²) in [7, 11) is 1.66. The van der Waals surface area contributed by atoms with Crippen LogP contribution in [-0.4, -0.2) is 18.2 Å². The predicted molar refractivity (Wildman–Crippen MR) is 79.5 cm³/mol. The number of para-hydroxylation sites is 1. The van der Waals surface area contributed by atoms with Crippen LogP contribution >= 0.6 is 11.3 Å². The van der Waals surface area contributed by atoms with Gasteiger partial charge in [-0.05, 0) is 19.1 Å². The highest BCUT2D eigenvalue weighted by molar-refractivity contribution is 7.10. The van der Waals surface area contributed by atoms with Crippen molar-refractivity contribution in [3.8, 4) is 5.75 Å². The van der Waals surface area contributed by atoms with E-state index in [1.54, 1.807) is 18.6 Å². The van der Waals surface area contributed by atoms with Crippen LogP contribution in [0.2, 0.25) is 0 Å². The number of carbonyl (C=O) groups is 1. The van der Waals surface area contributed by atoms with Crippen molar-refractivity contribution in [2.45, 2.75) is 19.5 Å². The lowest BCUT2D eigenvalue weighted by atomic mass is 10.1. The minimum absolute atomic E-state index is 0.126. The quantitative estimate of drug-likeness (QED) is 0.857. The third kappa shape index (κ3) is 3.37. The maximum atomic E-state index is 10.8. The number of nitrogens with one attached hydrogen (secondary N) is 1. The number of carboxylic acid groups (broad SMARTS) is 1. The van der Waals surface area contributed by atoms with E-state index in [0.717, 1.165) is 16.2 Å². The summed E-state index contributed by atoms with van der Waals surface area (Å²) in [6.45, 7) is 2.70. The van der Waals surface area contributed by atoms with Gasteiger partial charge in [0, 0.05) is 28.4 Å². The lowest BCUT2D eigenvalue weighted by Gasteiger charge is -2.16.